The second-order valence-corrected chi connectivity index (χ2v) is 26.9. The highest BCUT2D eigenvalue weighted by atomic mass is 32.2. The Morgan fingerprint density at radius 1 is 0.628 bits per heavy atom. The maximum atomic E-state index is 12.8. The molecule has 6 N–H and O–H groups in total. The van der Waals surface area contributed by atoms with E-state index in [0.29, 0.717) is 54.4 Å². The summed E-state index contributed by atoms with van der Waals surface area (Å²) in [5, 5.41) is 0.518. The van der Waals surface area contributed by atoms with Gasteiger partial charge in [-0.25, -0.2) is 0 Å². The van der Waals surface area contributed by atoms with Crippen LogP contribution in [0.3, 0.4) is 0 Å². The van der Waals surface area contributed by atoms with Gasteiger partial charge < -0.3 is 4.90 Å². The zero-order valence-electron chi connectivity index (χ0n) is 44.7. The van der Waals surface area contributed by atoms with Crippen molar-refractivity contribution in [1.82, 2.24) is 10.9 Å². The van der Waals surface area contributed by atoms with Gasteiger partial charge in [0, 0.05) is 64.7 Å². The number of rotatable bonds is 20. The number of hydrogen-bond acceptors (Lipinski definition) is 11. The van der Waals surface area contributed by atoms with Crippen molar-refractivity contribution in [1.29, 1.82) is 0 Å². The van der Waals surface area contributed by atoms with Gasteiger partial charge in [0.2, 0.25) is 17.5 Å². The van der Waals surface area contributed by atoms with E-state index in [4.69, 9.17) is 0 Å². The van der Waals surface area contributed by atoms with Crippen molar-refractivity contribution >= 4 is 90.9 Å². The minimum atomic E-state index is -4.98. The van der Waals surface area contributed by atoms with Gasteiger partial charge in [-0.15, -0.1) is 0 Å². The molecule has 0 saturated heterocycles. The Balaban J connectivity index is 1.12. The van der Waals surface area contributed by atoms with Crippen LogP contribution in [0.2, 0.25) is 0 Å². The molecular weight excluding hydrogens is 1080 g/mol. The molecule has 2 aliphatic heterocycles. The third-order valence-electron chi connectivity index (χ3n) is 14.6. The number of allylic oxidation sites excluding steroid dienone is 6. The molecule has 0 fully saturated rings. The Morgan fingerprint density at radius 2 is 1.18 bits per heavy atom. The molecule has 22 heteroatoms. The second kappa shape index (κ2) is 22.6. The molecule has 0 bridgehead atoms. The summed E-state index contributed by atoms with van der Waals surface area (Å²) in [6.07, 6.45) is 13.8. The Kier molecular flexibility index (Phi) is 17.2. The number of anilines is 1. The van der Waals surface area contributed by atoms with Crippen molar-refractivity contribution in [3.8, 4) is 0 Å². The number of carbonyl (C=O) groups is 2. The SMILES string of the molecule is CCN1/C(=C/C=C/C=C/C2=[N+](CCCCCCCC(=O)NNC(=O)C(C)c3ccc(CC(C)C)cc3)c3ccc4c(S(=O)(=O)O)cc(S(=O)(=O)O)cc4c3C2(C)C)C(C)(C)c2c1ccc1c(S(=O)(=O)O)cc(S(=O)(=O)O)cc21. The van der Waals surface area contributed by atoms with Crippen LogP contribution in [0.25, 0.3) is 21.5 Å². The minimum Gasteiger partial charge on any atom is -0.344 e. The number of hydrazine groups is 1. The molecule has 7 rings (SSSR count). The highest BCUT2D eigenvalue weighted by molar-refractivity contribution is 7.87. The van der Waals surface area contributed by atoms with Crippen LogP contribution in [0.4, 0.5) is 11.4 Å². The van der Waals surface area contributed by atoms with Gasteiger partial charge in [0.15, 0.2) is 5.71 Å². The Hall–Kier alpha value is -6.11. The summed E-state index contributed by atoms with van der Waals surface area (Å²) < 4.78 is 143. The van der Waals surface area contributed by atoms with E-state index in [1.807, 2.05) is 75.9 Å². The van der Waals surface area contributed by atoms with Crippen molar-refractivity contribution in [3.05, 3.63) is 131 Å². The average Bonchev–Trinajstić information content (AvgIpc) is 3.96. The molecule has 418 valence electrons. The number of benzene rings is 5. The molecule has 1 atom stereocenters. The lowest BCUT2D eigenvalue weighted by Crippen LogP contribution is -2.43. The monoisotopic (exact) mass is 1150 g/mol. The van der Waals surface area contributed by atoms with E-state index in [9.17, 15) is 61.5 Å². The Bertz CT molecular complexity index is 3830. The van der Waals surface area contributed by atoms with Crippen LogP contribution >= 0.6 is 0 Å². The molecule has 18 nitrogen and oxygen atoms in total. The van der Waals surface area contributed by atoms with Crippen LogP contribution in [0.1, 0.15) is 122 Å². The number of nitrogens with zero attached hydrogens (tertiary/aromatic N) is 2. The van der Waals surface area contributed by atoms with Crippen molar-refractivity contribution < 1.29 is 66.0 Å². The molecule has 2 heterocycles. The third-order valence-corrected chi connectivity index (χ3v) is 18.1. The van der Waals surface area contributed by atoms with Crippen LogP contribution in [0.15, 0.2) is 128 Å². The molecule has 2 amide bonds. The summed E-state index contributed by atoms with van der Waals surface area (Å²) in [5.41, 5.74) is 9.25. The molecule has 0 radical (unpaired) electrons. The topological polar surface area (TPSA) is 282 Å². The van der Waals surface area contributed by atoms with Gasteiger partial charge in [-0.2, -0.15) is 38.2 Å². The average molecular weight is 1150 g/mol. The fraction of sp³-hybridized carbons (Fsp3) is 0.375. The lowest BCUT2D eigenvalue weighted by Gasteiger charge is -2.26. The first kappa shape index (κ1) is 59.5. The van der Waals surface area contributed by atoms with Gasteiger partial charge in [0.25, 0.3) is 40.5 Å². The standard InChI is InChI=1S/C56H66N4O14S4/c1-9-59-45-27-25-41-43(31-39(75(63,64)65)33-47(41)77(69,70)71)52(45)55(5,6)49(59)18-14-13-15-19-50-56(7,8)53-44-32-40(76(66,67)68)34-48(78(72,73)74)42(44)26-28-46(53)60(50)29-17-12-10-11-16-20-51(61)57-58-54(62)36(4)38-23-21-37(22-24-38)30-35(2)3/h13-15,18-19,21-28,31-36H,9-12,16-17,20,29-30H2,1-8H3,(H5-,57,58,61,62,63,64,65,66,67,68,69,70,71,72,73,74)/p+1. The maximum Gasteiger partial charge on any atom is 0.295 e. The summed E-state index contributed by atoms with van der Waals surface area (Å²) in [5.74, 6) is -0.580. The molecule has 5 aromatic rings. The van der Waals surface area contributed by atoms with Gasteiger partial charge in [-0.05, 0) is 123 Å². The second-order valence-electron chi connectivity index (χ2n) is 21.3. The number of hydrogen-bond donors (Lipinski definition) is 6. The normalized spacial score (nSPS) is 16.5. The number of nitrogens with one attached hydrogen (secondary N) is 2. The molecule has 1 unspecified atom stereocenters. The predicted octanol–water partition coefficient (Wildman–Crippen LogP) is 9.66. The van der Waals surface area contributed by atoms with E-state index in [2.05, 4.69) is 29.3 Å². The molecule has 2 aliphatic rings. The third kappa shape index (κ3) is 12.5. The van der Waals surface area contributed by atoms with E-state index in [1.54, 1.807) is 37.3 Å². The van der Waals surface area contributed by atoms with Crippen molar-refractivity contribution in [2.75, 3.05) is 18.0 Å². The van der Waals surface area contributed by atoms with E-state index in [1.165, 1.54) is 29.8 Å². The molecule has 0 spiro atoms. The summed E-state index contributed by atoms with van der Waals surface area (Å²) in [6.45, 7) is 16.5. The van der Waals surface area contributed by atoms with Crippen molar-refractivity contribution in [2.24, 2.45) is 5.92 Å². The Morgan fingerprint density at radius 3 is 1.73 bits per heavy atom. The number of amides is 2. The smallest absolute Gasteiger partial charge is 0.295 e. The van der Waals surface area contributed by atoms with Gasteiger partial charge in [0.05, 0.1) is 21.1 Å². The molecule has 0 aliphatic carbocycles. The first-order valence-electron chi connectivity index (χ1n) is 25.6. The first-order chi connectivity index (χ1) is 36.3. The number of unbranched alkanes of at least 4 members (excludes halogenated alkanes) is 4. The van der Waals surface area contributed by atoms with E-state index in [-0.39, 0.29) is 39.8 Å². The first-order valence-corrected chi connectivity index (χ1v) is 31.3. The highest BCUT2D eigenvalue weighted by Gasteiger charge is 2.46. The molecule has 78 heavy (non-hydrogen) atoms. The fourth-order valence-corrected chi connectivity index (χ4v) is 13.6. The number of fused-ring (bicyclic) bond motifs is 6. The summed E-state index contributed by atoms with van der Waals surface area (Å²) in [6, 6.07) is 18.1. The van der Waals surface area contributed by atoms with E-state index < -0.39 is 76.8 Å². The van der Waals surface area contributed by atoms with Gasteiger partial charge in [-0.3, -0.25) is 38.7 Å². The van der Waals surface area contributed by atoms with Crippen LogP contribution < -0.4 is 15.8 Å². The lowest BCUT2D eigenvalue weighted by molar-refractivity contribution is -0.438. The van der Waals surface area contributed by atoms with Gasteiger partial charge >= 0.3 is 0 Å². The van der Waals surface area contributed by atoms with Crippen LogP contribution in [0, 0.1) is 5.92 Å². The quantitative estimate of drug-likeness (QED) is 0.0139. The van der Waals surface area contributed by atoms with Gasteiger partial charge in [-0.1, -0.05) is 89.1 Å². The number of carbonyl (C=O) groups excluding carboxylic acids is 2. The van der Waals surface area contributed by atoms with Crippen molar-refractivity contribution in [2.45, 2.75) is 137 Å². The van der Waals surface area contributed by atoms with E-state index >= 15 is 0 Å². The van der Waals surface area contributed by atoms with E-state index in [0.717, 1.165) is 54.8 Å². The largest absolute Gasteiger partial charge is 0.344 e. The Labute approximate surface area is 457 Å². The minimum absolute atomic E-state index is 0.0511. The van der Waals surface area contributed by atoms with Crippen LogP contribution in [-0.4, -0.2) is 87.1 Å². The number of likely N-dealkylation sites (N-methyl/N-ethyl adjacent to an activating group) is 1. The molecular formula is C56H67N4O14S4+. The van der Waals surface area contributed by atoms with Crippen LogP contribution in [0.5, 0.6) is 0 Å². The molecule has 0 saturated carbocycles. The summed E-state index contributed by atoms with van der Waals surface area (Å²) in [7, 11) is -19.7. The molecule has 5 aromatic carbocycles. The zero-order chi connectivity index (χ0) is 57.5. The highest BCUT2D eigenvalue weighted by Crippen LogP contribution is 2.52. The fourth-order valence-electron chi connectivity index (χ4n) is 10.9. The van der Waals surface area contributed by atoms with Gasteiger partial charge in [0.1, 0.15) is 16.3 Å². The summed E-state index contributed by atoms with van der Waals surface area (Å²) >= 11 is 0. The predicted molar refractivity (Wildman–Crippen MR) is 300 cm³/mol. The molecule has 0 aromatic heterocycles. The van der Waals surface area contributed by atoms with Crippen LogP contribution in [-0.2, 0) is 67.3 Å². The van der Waals surface area contributed by atoms with Crippen molar-refractivity contribution in [3.63, 3.8) is 0 Å². The zero-order valence-corrected chi connectivity index (χ0v) is 48.0. The summed E-state index contributed by atoms with van der Waals surface area (Å²) in [4.78, 5) is 24.8. The lowest BCUT2D eigenvalue weighted by atomic mass is 9.79. The maximum absolute atomic E-state index is 12.8.